The van der Waals surface area contributed by atoms with E-state index in [0.717, 1.165) is 38.8 Å². The van der Waals surface area contributed by atoms with E-state index in [9.17, 15) is 4.79 Å². The molecule has 0 unspecified atom stereocenters. The van der Waals surface area contributed by atoms with Crippen LogP contribution in [0.15, 0.2) is 60.7 Å². The molecule has 132 valence electrons. The molecule has 0 aliphatic carbocycles. The molecule has 0 N–H and O–H groups in total. The van der Waals surface area contributed by atoms with Gasteiger partial charge >= 0.3 is 0 Å². The van der Waals surface area contributed by atoms with Gasteiger partial charge in [0, 0.05) is 13.0 Å². The van der Waals surface area contributed by atoms with E-state index in [1.807, 2.05) is 12.1 Å². The van der Waals surface area contributed by atoms with Crippen LogP contribution in [0.5, 0.6) is 0 Å². The van der Waals surface area contributed by atoms with Crippen molar-refractivity contribution < 1.29 is 9.53 Å². The SMILES string of the molecule is O=CCC1CCN(CCOC(c2ccccc2)c2ccccc2)CC1. The second-order valence-electron chi connectivity index (χ2n) is 6.76. The maximum absolute atomic E-state index is 10.6. The molecule has 25 heavy (non-hydrogen) atoms. The van der Waals surface area contributed by atoms with Crippen LogP contribution in [-0.4, -0.2) is 37.4 Å². The van der Waals surface area contributed by atoms with Crippen molar-refractivity contribution in [3.05, 3.63) is 71.8 Å². The van der Waals surface area contributed by atoms with Gasteiger partial charge in [0.1, 0.15) is 12.4 Å². The van der Waals surface area contributed by atoms with E-state index < -0.39 is 0 Å². The largest absolute Gasteiger partial charge is 0.367 e. The van der Waals surface area contributed by atoms with Gasteiger partial charge in [-0.15, -0.1) is 0 Å². The number of piperidine rings is 1. The normalized spacial score (nSPS) is 16.2. The lowest BCUT2D eigenvalue weighted by atomic mass is 9.94. The number of rotatable bonds is 8. The quantitative estimate of drug-likeness (QED) is 0.679. The van der Waals surface area contributed by atoms with Crippen molar-refractivity contribution in [1.29, 1.82) is 0 Å². The van der Waals surface area contributed by atoms with Gasteiger partial charge in [0.15, 0.2) is 0 Å². The fraction of sp³-hybridized carbons (Fsp3) is 0.409. The van der Waals surface area contributed by atoms with Gasteiger partial charge in [-0.25, -0.2) is 0 Å². The van der Waals surface area contributed by atoms with Crippen LogP contribution in [0, 0.1) is 5.92 Å². The minimum Gasteiger partial charge on any atom is -0.367 e. The number of carbonyl (C=O) groups excluding carboxylic acids is 1. The van der Waals surface area contributed by atoms with Crippen LogP contribution < -0.4 is 0 Å². The summed E-state index contributed by atoms with van der Waals surface area (Å²) in [6, 6.07) is 20.8. The molecule has 0 saturated carbocycles. The number of hydrogen-bond donors (Lipinski definition) is 0. The molecule has 1 heterocycles. The van der Waals surface area contributed by atoms with Crippen LogP contribution in [0.25, 0.3) is 0 Å². The zero-order valence-corrected chi connectivity index (χ0v) is 14.7. The van der Waals surface area contributed by atoms with Crippen molar-refractivity contribution in [3.63, 3.8) is 0 Å². The van der Waals surface area contributed by atoms with Crippen LogP contribution in [0.2, 0.25) is 0 Å². The smallest absolute Gasteiger partial charge is 0.120 e. The number of benzene rings is 2. The molecule has 0 radical (unpaired) electrons. The lowest BCUT2D eigenvalue weighted by Crippen LogP contribution is -2.36. The highest BCUT2D eigenvalue weighted by Crippen LogP contribution is 2.26. The van der Waals surface area contributed by atoms with Gasteiger partial charge in [-0.05, 0) is 43.0 Å². The Hall–Kier alpha value is -1.97. The Labute approximate surface area is 150 Å². The van der Waals surface area contributed by atoms with Gasteiger partial charge in [0.05, 0.1) is 6.61 Å². The van der Waals surface area contributed by atoms with Gasteiger partial charge < -0.3 is 14.4 Å². The summed E-state index contributed by atoms with van der Waals surface area (Å²) < 4.78 is 6.29. The van der Waals surface area contributed by atoms with E-state index in [1.54, 1.807) is 0 Å². The molecular formula is C22H27NO2. The van der Waals surface area contributed by atoms with E-state index in [4.69, 9.17) is 4.74 Å². The van der Waals surface area contributed by atoms with E-state index in [2.05, 4.69) is 53.4 Å². The average molecular weight is 337 g/mol. The first-order valence-corrected chi connectivity index (χ1v) is 9.24. The standard InChI is InChI=1S/C22H27NO2/c24-17-13-19-11-14-23(15-12-19)16-18-25-22(20-7-3-1-4-8-20)21-9-5-2-6-10-21/h1-10,17,19,22H,11-16,18H2. The maximum atomic E-state index is 10.6. The number of likely N-dealkylation sites (tertiary alicyclic amines) is 1. The average Bonchev–Trinajstić information content (AvgIpc) is 2.68. The zero-order chi connectivity index (χ0) is 17.3. The highest BCUT2D eigenvalue weighted by molar-refractivity contribution is 5.49. The molecule has 0 aromatic heterocycles. The van der Waals surface area contributed by atoms with Crippen molar-refractivity contribution in [2.24, 2.45) is 5.92 Å². The lowest BCUT2D eigenvalue weighted by molar-refractivity contribution is -0.108. The molecule has 1 aliphatic heterocycles. The van der Waals surface area contributed by atoms with E-state index in [1.165, 1.54) is 11.1 Å². The zero-order valence-electron chi connectivity index (χ0n) is 14.7. The summed E-state index contributed by atoms with van der Waals surface area (Å²) in [5, 5.41) is 0. The summed E-state index contributed by atoms with van der Waals surface area (Å²) in [6.07, 6.45) is 4.01. The fourth-order valence-corrected chi connectivity index (χ4v) is 3.52. The molecule has 2 aromatic rings. The first kappa shape index (κ1) is 17.8. The van der Waals surface area contributed by atoms with Crippen LogP contribution in [0.3, 0.4) is 0 Å². The van der Waals surface area contributed by atoms with Crippen LogP contribution in [0.4, 0.5) is 0 Å². The molecule has 0 spiro atoms. The molecule has 3 nitrogen and oxygen atoms in total. The molecule has 2 aromatic carbocycles. The van der Waals surface area contributed by atoms with Crippen molar-refractivity contribution in [3.8, 4) is 0 Å². The predicted octanol–water partition coefficient (Wildman–Crippen LogP) is 4.09. The van der Waals surface area contributed by atoms with Crippen molar-refractivity contribution >= 4 is 6.29 Å². The van der Waals surface area contributed by atoms with Gasteiger partial charge in [-0.2, -0.15) is 0 Å². The number of aldehydes is 1. The molecule has 3 heteroatoms. The highest BCUT2D eigenvalue weighted by Gasteiger charge is 2.19. The second kappa shape index (κ2) is 9.50. The number of nitrogens with zero attached hydrogens (tertiary/aromatic N) is 1. The molecular weight excluding hydrogens is 310 g/mol. The Morgan fingerprint density at radius 3 is 2.04 bits per heavy atom. The molecule has 1 saturated heterocycles. The van der Waals surface area contributed by atoms with Crippen LogP contribution >= 0.6 is 0 Å². The minimum absolute atomic E-state index is 0.0185. The topological polar surface area (TPSA) is 29.5 Å². The highest BCUT2D eigenvalue weighted by atomic mass is 16.5. The third kappa shape index (κ3) is 5.25. The first-order chi connectivity index (χ1) is 12.4. The summed E-state index contributed by atoms with van der Waals surface area (Å²) in [4.78, 5) is 13.1. The predicted molar refractivity (Wildman–Crippen MR) is 101 cm³/mol. The summed E-state index contributed by atoms with van der Waals surface area (Å²) in [5.74, 6) is 0.580. The minimum atomic E-state index is -0.0185. The summed E-state index contributed by atoms with van der Waals surface area (Å²) in [5.41, 5.74) is 2.39. The van der Waals surface area contributed by atoms with Crippen LogP contribution in [0.1, 0.15) is 36.5 Å². The third-order valence-electron chi connectivity index (χ3n) is 5.03. The first-order valence-electron chi connectivity index (χ1n) is 9.24. The number of ether oxygens (including phenoxy) is 1. The number of hydrogen-bond acceptors (Lipinski definition) is 3. The van der Waals surface area contributed by atoms with E-state index >= 15 is 0 Å². The Kier molecular flexibility index (Phi) is 6.78. The van der Waals surface area contributed by atoms with Crippen molar-refractivity contribution in [1.82, 2.24) is 4.90 Å². The Morgan fingerprint density at radius 1 is 0.960 bits per heavy atom. The Balaban J connectivity index is 1.54. The third-order valence-corrected chi connectivity index (χ3v) is 5.03. The van der Waals surface area contributed by atoms with E-state index in [0.29, 0.717) is 18.9 Å². The van der Waals surface area contributed by atoms with Gasteiger partial charge in [-0.1, -0.05) is 60.7 Å². The molecule has 0 bridgehead atoms. The molecule has 3 rings (SSSR count). The van der Waals surface area contributed by atoms with Gasteiger partial charge in [-0.3, -0.25) is 0 Å². The Morgan fingerprint density at radius 2 is 1.52 bits per heavy atom. The molecule has 1 aliphatic rings. The molecule has 0 amide bonds. The molecule has 0 atom stereocenters. The molecule has 1 fully saturated rings. The monoisotopic (exact) mass is 337 g/mol. The maximum Gasteiger partial charge on any atom is 0.120 e. The second-order valence-corrected chi connectivity index (χ2v) is 6.76. The summed E-state index contributed by atoms with van der Waals surface area (Å²) in [6.45, 7) is 3.81. The summed E-state index contributed by atoms with van der Waals surface area (Å²) in [7, 11) is 0. The fourth-order valence-electron chi connectivity index (χ4n) is 3.52. The lowest BCUT2D eigenvalue weighted by Gasteiger charge is -2.31. The number of carbonyl (C=O) groups is 1. The van der Waals surface area contributed by atoms with E-state index in [-0.39, 0.29) is 6.10 Å². The summed E-state index contributed by atoms with van der Waals surface area (Å²) >= 11 is 0. The van der Waals surface area contributed by atoms with Crippen molar-refractivity contribution in [2.45, 2.75) is 25.4 Å². The van der Waals surface area contributed by atoms with Crippen LogP contribution in [-0.2, 0) is 9.53 Å². The van der Waals surface area contributed by atoms with Gasteiger partial charge in [0.2, 0.25) is 0 Å². The Bertz CT molecular complexity index is 581. The van der Waals surface area contributed by atoms with Crippen molar-refractivity contribution in [2.75, 3.05) is 26.2 Å². The van der Waals surface area contributed by atoms with Gasteiger partial charge in [0.25, 0.3) is 0 Å².